The zero-order valence-corrected chi connectivity index (χ0v) is 11.2. The van der Waals surface area contributed by atoms with E-state index in [1.165, 1.54) is 12.1 Å². The van der Waals surface area contributed by atoms with Crippen LogP contribution in [0.1, 0.15) is 22.3 Å². The molecular weight excluding hydrogens is 291 g/mol. The lowest BCUT2D eigenvalue weighted by atomic mass is 10.1. The summed E-state index contributed by atoms with van der Waals surface area (Å²) >= 11 is 0. The topological polar surface area (TPSA) is 75.6 Å². The molecule has 0 heterocycles. The second-order valence-corrected chi connectivity index (χ2v) is 4.27. The van der Waals surface area contributed by atoms with Gasteiger partial charge in [0.15, 0.2) is 0 Å². The van der Waals surface area contributed by atoms with Crippen LogP contribution in [0.4, 0.5) is 18.9 Å². The van der Waals surface area contributed by atoms with Gasteiger partial charge in [-0.05, 0) is 18.6 Å². The Morgan fingerprint density at radius 2 is 2.00 bits per heavy atom. The number of ether oxygens (including phenoxy) is 1. The van der Waals surface area contributed by atoms with Crippen LogP contribution >= 0.6 is 0 Å². The number of alkyl halides is 3. The van der Waals surface area contributed by atoms with Crippen LogP contribution in [0.15, 0.2) is 18.2 Å². The van der Waals surface area contributed by atoms with Crippen LogP contribution in [-0.2, 0) is 9.53 Å². The number of carbonyl (C=O) groups excluding carboxylic acids is 1. The van der Waals surface area contributed by atoms with Gasteiger partial charge in [-0.15, -0.1) is 0 Å². The summed E-state index contributed by atoms with van der Waals surface area (Å²) in [5.74, 6) is -1.82. The summed E-state index contributed by atoms with van der Waals surface area (Å²) in [7, 11) is 0. The van der Waals surface area contributed by atoms with Crippen LogP contribution in [0.25, 0.3) is 0 Å². The van der Waals surface area contributed by atoms with E-state index in [-0.39, 0.29) is 17.7 Å². The summed E-state index contributed by atoms with van der Waals surface area (Å²) in [6.45, 7) is -0.215. The summed E-state index contributed by atoms with van der Waals surface area (Å²) in [6, 6.07) is 4.47. The normalized spacial score (nSPS) is 11.2. The highest BCUT2D eigenvalue weighted by Gasteiger charge is 2.27. The fraction of sp³-hybridized carbons (Fsp3) is 0.385. The van der Waals surface area contributed by atoms with Crippen LogP contribution in [0.5, 0.6) is 0 Å². The zero-order chi connectivity index (χ0) is 16.0. The highest BCUT2D eigenvalue weighted by atomic mass is 19.4. The van der Waals surface area contributed by atoms with Crippen molar-refractivity contribution in [3.05, 3.63) is 29.3 Å². The molecule has 0 aliphatic rings. The van der Waals surface area contributed by atoms with Crippen molar-refractivity contribution < 1.29 is 32.6 Å². The molecule has 1 amide bonds. The first-order valence-electron chi connectivity index (χ1n) is 5.98. The maximum absolute atomic E-state index is 11.8. The van der Waals surface area contributed by atoms with Crippen molar-refractivity contribution >= 4 is 17.6 Å². The van der Waals surface area contributed by atoms with E-state index >= 15 is 0 Å². The number of hydrogen-bond acceptors (Lipinski definition) is 3. The van der Waals surface area contributed by atoms with Gasteiger partial charge < -0.3 is 15.2 Å². The van der Waals surface area contributed by atoms with E-state index in [1.807, 2.05) is 0 Å². The lowest BCUT2D eigenvalue weighted by Crippen LogP contribution is -2.21. The molecule has 1 aromatic rings. The first-order chi connectivity index (χ1) is 9.70. The van der Waals surface area contributed by atoms with E-state index in [2.05, 4.69) is 10.1 Å². The van der Waals surface area contributed by atoms with Crippen molar-refractivity contribution in [2.75, 3.05) is 18.5 Å². The van der Waals surface area contributed by atoms with Gasteiger partial charge in [-0.2, -0.15) is 13.2 Å². The van der Waals surface area contributed by atoms with Crippen molar-refractivity contribution in [3.63, 3.8) is 0 Å². The number of amides is 1. The largest absolute Gasteiger partial charge is 0.478 e. The number of aromatic carboxylic acids is 1. The minimum Gasteiger partial charge on any atom is -0.478 e. The van der Waals surface area contributed by atoms with E-state index in [0.717, 1.165) is 0 Å². The Morgan fingerprint density at radius 1 is 1.33 bits per heavy atom. The molecule has 1 aromatic carbocycles. The number of halogens is 3. The van der Waals surface area contributed by atoms with Crippen molar-refractivity contribution in [2.45, 2.75) is 19.5 Å². The predicted octanol–water partition coefficient (Wildman–Crippen LogP) is 2.60. The Hall–Kier alpha value is -2.09. The average molecular weight is 305 g/mol. The van der Waals surface area contributed by atoms with Gasteiger partial charge in [0.1, 0.15) is 6.61 Å². The number of anilines is 1. The number of carboxylic acids is 1. The Morgan fingerprint density at radius 3 is 2.57 bits per heavy atom. The molecule has 0 radical (unpaired) electrons. The van der Waals surface area contributed by atoms with Gasteiger partial charge in [-0.1, -0.05) is 12.1 Å². The summed E-state index contributed by atoms with van der Waals surface area (Å²) < 4.78 is 39.8. The van der Waals surface area contributed by atoms with Crippen molar-refractivity contribution in [1.29, 1.82) is 0 Å². The van der Waals surface area contributed by atoms with Gasteiger partial charge in [0.25, 0.3) is 0 Å². The molecule has 21 heavy (non-hydrogen) atoms. The smallest absolute Gasteiger partial charge is 0.411 e. The van der Waals surface area contributed by atoms with Gasteiger partial charge in [0, 0.05) is 0 Å². The lowest BCUT2D eigenvalue weighted by Gasteiger charge is -2.12. The van der Waals surface area contributed by atoms with E-state index in [4.69, 9.17) is 5.11 Å². The fourth-order valence-corrected chi connectivity index (χ4v) is 1.57. The van der Waals surface area contributed by atoms with E-state index in [9.17, 15) is 22.8 Å². The van der Waals surface area contributed by atoms with E-state index in [1.54, 1.807) is 13.0 Å². The molecule has 0 bridgehead atoms. The van der Waals surface area contributed by atoms with Gasteiger partial charge in [0.05, 0.1) is 24.3 Å². The molecule has 0 aliphatic heterocycles. The maximum Gasteiger partial charge on any atom is 0.411 e. The first kappa shape index (κ1) is 17.0. The third-order valence-corrected chi connectivity index (χ3v) is 2.51. The quantitative estimate of drug-likeness (QED) is 0.792. The standard InChI is InChI=1S/C13H14F3NO4/c1-8-3-2-4-9(12(19)20)11(8)17-10(18)5-6-21-7-13(14,15)16/h2-4H,5-7H2,1H3,(H,17,18)(H,19,20). The third kappa shape index (κ3) is 5.82. The van der Waals surface area contributed by atoms with Gasteiger partial charge >= 0.3 is 12.1 Å². The SMILES string of the molecule is Cc1cccc(C(=O)O)c1NC(=O)CCOCC(F)(F)F. The second kappa shape index (κ2) is 7.07. The first-order valence-corrected chi connectivity index (χ1v) is 5.98. The molecule has 0 fully saturated rings. The van der Waals surface area contributed by atoms with E-state index < -0.39 is 31.3 Å². The van der Waals surface area contributed by atoms with Gasteiger partial charge in [-0.25, -0.2) is 4.79 Å². The average Bonchev–Trinajstić information content (AvgIpc) is 2.35. The summed E-state index contributed by atoms with van der Waals surface area (Å²) in [5, 5.41) is 11.4. The molecule has 0 aromatic heterocycles. The molecular formula is C13H14F3NO4. The molecule has 1 rings (SSSR count). The highest BCUT2D eigenvalue weighted by Crippen LogP contribution is 2.21. The number of rotatable bonds is 6. The molecule has 0 aliphatic carbocycles. The predicted molar refractivity (Wildman–Crippen MR) is 68.3 cm³/mol. The summed E-state index contributed by atoms with van der Waals surface area (Å²) in [6.07, 6.45) is -4.74. The summed E-state index contributed by atoms with van der Waals surface area (Å²) in [5.41, 5.74) is 0.588. The molecule has 0 unspecified atom stereocenters. The monoisotopic (exact) mass is 305 g/mol. The Kier molecular flexibility index (Phi) is 5.71. The Bertz CT molecular complexity index is 529. The molecule has 0 atom stereocenters. The van der Waals surface area contributed by atoms with Crippen LogP contribution in [0.3, 0.4) is 0 Å². The molecule has 8 heteroatoms. The number of carboxylic acid groups (broad SMARTS) is 1. The van der Waals surface area contributed by atoms with Crippen LogP contribution in [0.2, 0.25) is 0 Å². The third-order valence-electron chi connectivity index (χ3n) is 2.51. The number of carbonyl (C=O) groups is 2. The lowest BCUT2D eigenvalue weighted by molar-refractivity contribution is -0.174. The zero-order valence-electron chi connectivity index (χ0n) is 11.2. The molecule has 0 saturated carbocycles. The molecule has 2 N–H and O–H groups in total. The number of nitrogens with one attached hydrogen (secondary N) is 1. The molecule has 0 saturated heterocycles. The van der Waals surface area contributed by atoms with Crippen molar-refractivity contribution in [1.82, 2.24) is 0 Å². The Balaban J connectivity index is 2.58. The van der Waals surface area contributed by atoms with E-state index in [0.29, 0.717) is 5.56 Å². The number of hydrogen-bond donors (Lipinski definition) is 2. The van der Waals surface area contributed by atoms with Crippen LogP contribution in [-0.4, -0.2) is 36.4 Å². The van der Waals surface area contributed by atoms with Crippen molar-refractivity contribution in [3.8, 4) is 0 Å². The minimum atomic E-state index is -4.44. The number of aryl methyl sites for hydroxylation is 1. The summed E-state index contributed by atoms with van der Waals surface area (Å²) in [4.78, 5) is 22.6. The highest BCUT2D eigenvalue weighted by molar-refractivity contribution is 6.01. The minimum absolute atomic E-state index is 0.0837. The van der Waals surface area contributed by atoms with Gasteiger partial charge in [0.2, 0.25) is 5.91 Å². The number of para-hydroxylation sites is 1. The maximum atomic E-state index is 11.8. The van der Waals surface area contributed by atoms with Crippen LogP contribution < -0.4 is 5.32 Å². The molecule has 0 spiro atoms. The Labute approximate surface area is 118 Å². The van der Waals surface area contributed by atoms with Gasteiger partial charge in [-0.3, -0.25) is 4.79 Å². The van der Waals surface area contributed by atoms with Crippen LogP contribution in [0, 0.1) is 6.92 Å². The molecule has 116 valence electrons. The molecule has 5 nitrogen and oxygen atoms in total. The number of benzene rings is 1. The second-order valence-electron chi connectivity index (χ2n) is 4.27. The fourth-order valence-electron chi connectivity index (χ4n) is 1.57. The van der Waals surface area contributed by atoms with Crippen molar-refractivity contribution in [2.24, 2.45) is 0 Å².